The summed E-state index contributed by atoms with van der Waals surface area (Å²) in [6.07, 6.45) is 1.09. The zero-order valence-electron chi connectivity index (χ0n) is 8.16. The maximum Gasteiger partial charge on any atom is 0.124 e. The van der Waals surface area contributed by atoms with Crippen LogP contribution >= 0.6 is 0 Å². The minimum absolute atomic E-state index is 0.518. The van der Waals surface area contributed by atoms with E-state index in [1.54, 1.807) is 0 Å². The second-order valence-electron chi connectivity index (χ2n) is 3.65. The Bertz CT molecular complexity index is 296. The Hall–Kier alpha value is -1.02. The number of rotatable bonds is 1. The van der Waals surface area contributed by atoms with Crippen molar-refractivity contribution in [3.63, 3.8) is 0 Å². The molecule has 0 aliphatic carbocycles. The fourth-order valence-electron chi connectivity index (χ4n) is 1.86. The molecule has 2 heteroatoms. The van der Waals surface area contributed by atoms with E-state index in [2.05, 4.69) is 31.1 Å². The third kappa shape index (κ3) is 1.54. The Morgan fingerprint density at radius 2 is 2.08 bits per heavy atom. The van der Waals surface area contributed by atoms with E-state index in [-0.39, 0.29) is 0 Å². The fraction of sp³-hybridized carbons (Fsp3) is 0.455. The van der Waals surface area contributed by atoms with E-state index in [1.807, 2.05) is 12.1 Å². The SMILES string of the molecule is CN(C)C1CCOc2ccccc21. The van der Waals surface area contributed by atoms with Gasteiger partial charge in [0.2, 0.25) is 0 Å². The monoisotopic (exact) mass is 177 g/mol. The van der Waals surface area contributed by atoms with Crippen LogP contribution in [0.2, 0.25) is 0 Å². The van der Waals surface area contributed by atoms with E-state index in [0.29, 0.717) is 6.04 Å². The first-order valence-electron chi connectivity index (χ1n) is 4.67. The molecule has 70 valence electrons. The van der Waals surface area contributed by atoms with Crippen molar-refractivity contribution in [2.45, 2.75) is 12.5 Å². The predicted molar refractivity (Wildman–Crippen MR) is 53.0 cm³/mol. The molecule has 0 radical (unpaired) electrons. The maximum atomic E-state index is 5.58. The highest BCUT2D eigenvalue weighted by Crippen LogP contribution is 2.33. The molecule has 0 saturated heterocycles. The van der Waals surface area contributed by atoms with Gasteiger partial charge in [0.1, 0.15) is 5.75 Å². The molecule has 0 amide bonds. The summed E-state index contributed by atoms with van der Waals surface area (Å²) in [5.41, 5.74) is 1.32. The third-order valence-electron chi connectivity index (χ3n) is 2.55. The topological polar surface area (TPSA) is 12.5 Å². The van der Waals surface area contributed by atoms with Crippen LogP contribution in [0.1, 0.15) is 18.0 Å². The fourth-order valence-corrected chi connectivity index (χ4v) is 1.86. The highest BCUT2D eigenvalue weighted by atomic mass is 16.5. The van der Waals surface area contributed by atoms with Gasteiger partial charge in [-0.2, -0.15) is 0 Å². The average Bonchev–Trinajstić information content (AvgIpc) is 2.17. The van der Waals surface area contributed by atoms with Crippen molar-refractivity contribution in [1.29, 1.82) is 0 Å². The quantitative estimate of drug-likeness (QED) is 0.651. The molecule has 0 fully saturated rings. The number of fused-ring (bicyclic) bond motifs is 1. The van der Waals surface area contributed by atoms with Gasteiger partial charge in [0, 0.05) is 18.0 Å². The van der Waals surface area contributed by atoms with Crippen molar-refractivity contribution < 1.29 is 4.74 Å². The third-order valence-corrected chi connectivity index (χ3v) is 2.55. The molecule has 0 spiro atoms. The highest BCUT2D eigenvalue weighted by molar-refractivity contribution is 5.37. The Morgan fingerprint density at radius 3 is 2.85 bits per heavy atom. The minimum atomic E-state index is 0.518. The van der Waals surface area contributed by atoms with Crippen LogP contribution in [0.15, 0.2) is 24.3 Å². The summed E-state index contributed by atoms with van der Waals surface area (Å²) in [6.45, 7) is 0.833. The lowest BCUT2D eigenvalue weighted by Crippen LogP contribution is -2.25. The molecule has 13 heavy (non-hydrogen) atoms. The van der Waals surface area contributed by atoms with E-state index >= 15 is 0 Å². The Labute approximate surface area is 79.1 Å². The number of hydrogen-bond acceptors (Lipinski definition) is 2. The molecular formula is C11H15NO. The maximum absolute atomic E-state index is 5.58. The largest absolute Gasteiger partial charge is 0.493 e. The van der Waals surface area contributed by atoms with Gasteiger partial charge in [-0.3, -0.25) is 0 Å². The van der Waals surface area contributed by atoms with Crippen LogP contribution in [0, 0.1) is 0 Å². The summed E-state index contributed by atoms with van der Waals surface area (Å²) < 4.78 is 5.58. The van der Waals surface area contributed by atoms with Crippen molar-refractivity contribution in [3.8, 4) is 5.75 Å². The van der Waals surface area contributed by atoms with Crippen LogP contribution < -0.4 is 4.74 Å². The molecule has 1 unspecified atom stereocenters. The molecule has 1 aromatic rings. The summed E-state index contributed by atoms with van der Waals surface area (Å²) in [5.74, 6) is 1.05. The van der Waals surface area contributed by atoms with Gasteiger partial charge in [-0.15, -0.1) is 0 Å². The molecule has 1 atom stereocenters. The normalized spacial score (nSPS) is 21.0. The average molecular weight is 177 g/mol. The molecule has 1 aliphatic rings. The highest BCUT2D eigenvalue weighted by Gasteiger charge is 2.21. The molecule has 1 heterocycles. The van der Waals surface area contributed by atoms with Crippen molar-refractivity contribution >= 4 is 0 Å². The zero-order valence-corrected chi connectivity index (χ0v) is 8.16. The predicted octanol–water partition coefficient (Wildman–Crippen LogP) is 2.07. The van der Waals surface area contributed by atoms with Gasteiger partial charge < -0.3 is 9.64 Å². The lowest BCUT2D eigenvalue weighted by molar-refractivity contribution is 0.190. The lowest BCUT2D eigenvalue weighted by Gasteiger charge is -2.30. The van der Waals surface area contributed by atoms with Crippen molar-refractivity contribution in [1.82, 2.24) is 4.90 Å². The van der Waals surface area contributed by atoms with E-state index in [4.69, 9.17) is 4.74 Å². The Morgan fingerprint density at radius 1 is 1.31 bits per heavy atom. The van der Waals surface area contributed by atoms with Gasteiger partial charge >= 0.3 is 0 Å². The van der Waals surface area contributed by atoms with E-state index in [1.165, 1.54) is 5.56 Å². The molecule has 2 rings (SSSR count). The van der Waals surface area contributed by atoms with Gasteiger partial charge in [-0.05, 0) is 20.2 Å². The standard InChI is InChI=1S/C11H15NO/c1-12(2)10-7-8-13-11-6-4-3-5-9(10)11/h3-6,10H,7-8H2,1-2H3. The van der Waals surface area contributed by atoms with Crippen molar-refractivity contribution in [3.05, 3.63) is 29.8 Å². The van der Waals surface area contributed by atoms with E-state index < -0.39 is 0 Å². The number of hydrogen-bond donors (Lipinski definition) is 0. The minimum Gasteiger partial charge on any atom is -0.493 e. The van der Waals surface area contributed by atoms with Gasteiger partial charge in [0.05, 0.1) is 6.61 Å². The molecule has 1 aliphatic heterocycles. The molecule has 0 N–H and O–H groups in total. The van der Waals surface area contributed by atoms with Crippen LogP contribution in [0.4, 0.5) is 0 Å². The van der Waals surface area contributed by atoms with Gasteiger partial charge in [0.15, 0.2) is 0 Å². The van der Waals surface area contributed by atoms with Crippen LogP contribution in [-0.2, 0) is 0 Å². The van der Waals surface area contributed by atoms with E-state index in [0.717, 1.165) is 18.8 Å². The molecular weight excluding hydrogens is 162 g/mol. The van der Waals surface area contributed by atoms with Crippen LogP contribution in [0.5, 0.6) is 5.75 Å². The second-order valence-corrected chi connectivity index (χ2v) is 3.65. The zero-order chi connectivity index (χ0) is 9.26. The van der Waals surface area contributed by atoms with Crippen LogP contribution in [0.25, 0.3) is 0 Å². The molecule has 1 aromatic carbocycles. The second kappa shape index (κ2) is 3.38. The van der Waals surface area contributed by atoms with Crippen LogP contribution in [0.3, 0.4) is 0 Å². The molecule has 0 bridgehead atoms. The van der Waals surface area contributed by atoms with Gasteiger partial charge in [0.25, 0.3) is 0 Å². The smallest absolute Gasteiger partial charge is 0.124 e. The van der Waals surface area contributed by atoms with E-state index in [9.17, 15) is 0 Å². The number of para-hydroxylation sites is 1. The molecule has 0 aromatic heterocycles. The molecule has 0 saturated carbocycles. The first kappa shape index (κ1) is 8.57. The summed E-state index contributed by atoms with van der Waals surface area (Å²) >= 11 is 0. The van der Waals surface area contributed by atoms with Crippen molar-refractivity contribution in [2.75, 3.05) is 20.7 Å². The first-order chi connectivity index (χ1) is 6.29. The Kier molecular flexibility index (Phi) is 2.23. The van der Waals surface area contributed by atoms with Gasteiger partial charge in [-0.1, -0.05) is 18.2 Å². The number of ether oxygens (including phenoxy) is 1. The summed E-state index contributed by atoms with van der Waals surface area (Å²) in [5, 5.41) is 0. The molecule has 2 nitrogen and oxygen atoms in total. The Balaban J connectivity index is 2.37. The lowest BCUT2D eigenvalue weighted by atomic mass is 10.00. The summed E-state index contributed by atoms with van der Waals surface area (Å²) in [4.78, 5) is 2.25. The first-order valence-corrected chi connectivity index (χ1v) is 4.67. The number of nitrogens with zero attached hydrogens (tertiary/aromatic N) is 1. The summed E-state index contributed by atoms with van der Waals surface area (Å²) in [7, 11) is 4.24. The van der Waals surface area contributed by atoms with Crippen molar-refractivity contribution in [2.24, 2.45) is 0 Å². The van der Waals surface area contributed by atoms with Crippen LogP contribution in [-0.4, -0.2) is 25.6 Å². The van der Waals surface area contributed by atoms with Gasteiger partial charge in [-0.25, -0.2) is 0 Å². The number of benzene rings is 1. The summed E-state index contributed by atoms with van der Waals surface area (Å²) in [6, 6.07) is 8.82.